The van der Waals surface area contributed by atoms with Crippen molar-refractivity contribution in [2.24, 2.45) is 0 Å². The van der Waals surface area contributed by atoms with E-state index in [9.17, 15) is 21.6 Å². The Kier molecular flexibility index (Phi) is 3.31. The maximum absolute atomic E-state index is 13.6. The lowest BCUT2D eigenvalue weighted by molar-refractivity contribution is 0.140. The highest BCUT2D eigenvalue weighted by Gasteiger charge is 2.25. The topological polar surface area (TPSA) is 64.8 Å². The van der Waals surface area contributed by atoms with Gasteiger partial charge in [-0.1, -0.05) is 12.1 Å². The molecule has 1 aromatic carbocycles. The van der Waals surface area contributed by atoms with Crippen LogP contribution in [0.2, 0.25) is 0 Å². The van der Waals surface area contributed by atoms with Crippen LogP contribution in [0.3, 0.4) is 0 Å². The van der Waals surface area contributed by atoms with Crippen LogP contribution in [0.5, 0.6) is 0 Å². The number of para-hydroxylation sites is 1. The van der Waals surface area contributed by atoms with Gasteiger partial charge in [0.1, 0.15) is 11.5 Å². The van der Waals surface area contributed by atoms with E-state index >= 15 is 0 Å². The highest BCUT2D eigenvalue weighted by molar-refractivity contribution is 7.90. The van der Waals surface area contributed by atoms with Crippen LogP contribution >= 0.6 is 0 Å². The molecule has 1 heterocycles. The molecule has 0 saturated heterocycles. The van der Waals surface area contributed by atoms with Gasteiger partial charge in [0.15, 0.2) is 0 Å². The number of rotatable bonds is 3. The third-order valence-corrected chi connectivity index (χ3v) is 3.13. The maximum atomic E-state index is 13.6. The molecule has 9 heteroatoms. The van der Waals surface area contributed by atoms with Crippen LogP contribution in [-0.2, 0) is 9.84 Å². The minimum absolute atomic E-state index is 0.262. The van der Waals surface area contributed by atoms with Gasteiger partial charge in [0.25, 0.3) is 11.6 Å². The summed E-state index contributed by atoms with van der Waals surface area (Å²) in [5.41, 5.74) is -0.262. The van der Waals surface area contributed by atoms with Gasteiger partial charge >= 0.3 is 0 Å². The quantitative estimate of drug-likeness (QED) is 0.864. The number of nitrogens with zero attached hydrogens (tertiary/aromatic N) is 3. The van der Waals surface area contributed by atoms with Crippen molar-refractivity contribution < 1.29 is 21.6 Å². The highest BCUT2D eigenvalue weighted by atomic mass is 32.2. The number of aromatic nitrogens is 3. The molecule has 0 atom stereocenters. The first-order valence-corrected chi connectivity index (χ1v) is 6.90. The largest absolute Gasteiger partial charge is 0.299 e. The lowest BCUT2D eigenvalue weighted by Crippen LogP contribution is -2.10. The minimum Gasteiger partial charge on any atom is -0.221 e. The van der Waals surface area contributed by atoms with Crippen molar-refractivity contribution in [3.8, 4) is 5.69 Å². The second-order valence-electron chi connectivity index (χ2n) is 3.69. The molecule has 19 heavy (non-hydrogen) atoms. The van der Waals surface area contributed by atoms with E-state index in [1.54, 1.807) is 0 Å². The standard InChI is InChI=1S/C10H8F3N3O2S/c1-19(17,18)10-14-9(8(12)13)15-16(10)7-5-3-2-4-6(7)11/h2-5,8H,1H3. The molecule has 0 aliphatic carbocycles. The number of benzene rings is 1. The Morgan fingerprint density at radius 1 is 1.26 bits per heavy atom. The molecule has 0 aliphatic heterocycles. The fraction of sp³-hybridized carbons (Fsp3) is 0.200. The molecule has 0 unspecified atom stereocenters. The summed E-state index contributed by atoms with van der Waals surface area (Å²) in [5.74, 6) is -1.76. The van der Waals surface area contributed by atoms with Crippen LogP contribution in [0, 0.1) is 5.82 Å². The Hall–Kier alpha value is -1.90. The van der Waals surface area contributed by atoms with Gasteiger partial charge in [0.05, 0.1) is 0 Å². The predicted octanol–water partition coefficient (Wildman–Crippen LogP) is 1.75. The van der Waals surface area contributed by atoms with E-state index in [0.717, 1.165) is 12.3 Å². The van der Waals surface area contributed by atoms with E-state index in [2.05, 4.69) is 10.1 Å². The van der Waals surface area contributed by atoms with Gasteiger partial charge in [-0.05, 0) is 12.1 Å². The average molecular weight is 291 g/mol. The van der Waals surface area contributed by atoms with Crippen LogP contribution < -0.4 is 0 Å². The molecule has 0 bridgehead atoms. The highest BCUT2D eigenvalue weighted by Crippen LogP contribution is 2.21. The minimum atomic E-state index is -3.92. The Bertz CT molecular complexity index is 713. The van der Waals surface area contributed by atoms with Crippen LogP contribution in [0.25, 0.3) is 5.69 Å². The molecule has 1 aromatic heterocycles. The molecule has 0 N–H and O–H groups in total. The normalized spacial score (nSPS) is 12.1. The Labute approximate surface area is 106 Å². The lowest BCUT2D eigenvalue weighted by atomic mass is 10.3. The summed E-state index contributed by atoms with van der Waals surface area (Å²) in [7, 11) is -3.92. The third-order valence-electron chi connectivity index (χ3n) is 2.20. The Morgan fingerprint density at radius 3 is 2.42 bits per heavy atom. The van der Waals surface area contributed by atoms with E-state index in [-0.39, 0.29) is 5.69 Å². The Balaban J connectivity index is 2.73. The van der Waals surface area contributed by atoms with Crippen LogP contribution in [0.4, 0.5) is 13.2 Å². The van der Waals surface area contributed by atoms with Crippen molar-refractivity contribution in [2.45, 2.75) is 11.6 Å². The van der Waals surface area contributed by atoms with Crippen molar-refractivity contribution in [2.75, 3.05) is 6.26 Å². The zero-order valence-corrected chi connectivity index (χ0v) is 10.4. The third kappa shape index (κ3) is 2.60. The summed E-state index contributed by atoms with van der Waals surface area (Å²) in [6.45, 7) is 0. The summed E-state index contributed by atoms with van der Waals surface area (Å²) >= 11 is 0. The fourth-order valence-electron chi connectivity index (χ4n) is 1.43. The van der Waals surface area contributed by atoms with E-state index < -0.39 is 33.1 Å². The van der Waals surface area contributed by atoms with Crippen LogP contribution in [0.15, 0.2) is 29.4 Å². The van der Waals surface area contributed by atoms with Gasteiger partial charge in [0.2, 0.25) is 15.7 Å². The number of sulfone groups is 1. The Morgan fingerprint density at radius 2 is 1.89 bits per heavy atom. The summed E-state index contributed by atoms with van der Waals surface area (Å²) in [6, 6.07) is 5.08. The first kappa shape index (κ1) is 13.5. The van der Waals surface area contributed by atoms with Crippen LogP contribution in [-0.4, -0.2) is 29.4 Å². The SMILES string of the molecule is CS(=O)(=O)c1nc(C(F)F)nn1-c1ccccc1F. The van der Waals surface area contributed by atoms with E-state index in [1.807, 2.05) is 0 Å². The van der Waals surface area contributed by atoms with Crippen LogP contribution in [0.1, 0.15) is 12.2 Å². The van der Waals surface area contributed by atoms with Crippen molar-refractivity contribution in [1.82, 2.24) is 14.8 Å². The van der Waals surface area contributed by atoms with E-state index in [1.165, 1.54) is 18.2 Å². The molecule has 2 aromatic rings. The van der Waals surface area contributed by atoms with Crippen molar-refractivity contribution in [3.05, 3.63) is 35.9 Å². The van der Waals surface area contributed by atoms with Gasteiger partial charge in [0, 0.05) is 6.26 Å². The fourth-order valence-corrected chi connectivity index (χ4v) is 2.14. The average Bonchev–Trinajstić information content (AvgIpc) is 2.74. The molecule has 0 spiro atoms. The molecule has 0 amide bonds. The summed E-state index contributed by atoms with van der Waals surface area (Å²) < 4.78 is 62.2. The number of halogens is 3. The molecular formula is C10H8F3N3O2S. The maximum Gasteiger partial charge on any atom is 0.299 e. The monoisotopic (exact) mass is 291 g/mol. The summed E-state index contributed by atoms with van der Waals surface area (Å²) in [4.78, 5) is 3.25. The summed E-state index contributed by atoms with van der Waals surface area (Å²) in [6.07, 6.45) is -2.27. The first-order chi connectivity index (χ1) is 8.80. The zero-order valence-electron chi connectivity index (χ0n) is 9.59. The van der Waals surface area contributed by atoms with Gasteiger partial charge in [-0.3, -0.25) is 0 Å². The number of hydrogen-bond donors (Lipinski definition) is 0. The molecule has 2 rings (SSSR count). The molecule has 102 valence electrons. The smallest absolute Gasteiger partial charge is 0.221 e. The van der Waals surface area contributed by atoms with Crippen molar-refractivity contribution in [1.29, 1.82) is 0 Å². The molecule has 0 fully saturated rings. The number of hydrogen-bond acceptors (Lipinski definition) is 4. The van der Waals surface area contributed by atoms with Gasteiger partial charge in [-0.25, -0.2) is 26.3 Å². The molecule has 0 aliphatic rings. The molecule has 0 saturated carbocycles. The zero-order chi connectivity index (χ0) is 14.2. The first-order valence-electron chi connectivity index (χ1n) is 5.01. The lowest BCUT2D eigenvalue weighted by Gasteiger charge is -2.04. The van der Waals surface area contributed by atoms with Crippen molar-refractivity contribution in [3.63, 3.8) is 0 Å². The molecule has 0 radical (unpaired) electrons. The van der Waals surface area contributed by atoms with Gasteiger partial charge in [-0.15, -0.1) is 5.10 Å². The molecular weight excluding hydrogens is 283 g/mol. The van der Waals surface area contributed by atoms with E-state index in [4.69, 9.17) is 0 Å². The second-order valence-corrected chi connectivity index (χ2v) is 5.60. The second kappa shape index (κ2) is 4.65. The van der Waals surface area contributed by atoms with E-state index in [0.29, 0.717) is 4.68 Å². The summed E-state index contributed by atoms with van der Waals surface area (Å²) in [5, 5.41) is 2.61. The molecule has 5 nitrogen and oxygen atoms in total. The van der Waals surface area contributed by atoms with Crippen molar-refractivity contribution >= 4 is 9.84 Å². The van der Waals surface area contributed by atoms with Gasteiger partial charge < -0.3 is 0 Å². The number of alkyl halides is 2. The predicted molar refractivity (Wildman–Crippen MR) is 59.4 cm³/mol. The van der Waals surface area contributed by atoms with Gasteiger partial charge in [-0.2, -0.15) is 4.98 Å².